The molecule has 0 aliphatic carbocycles. The predicted octanol–water partition coefficient (Wildman–Crippen LogP) is 3.28. The van der Waals surface area contributed by atoms with E-state index in [1.165, 1.54) is 4.90 Å². The number of ether oxygens (including phenoxy) is 3. The highest BCUT2D eigenvalue weighted by Crippen LogP contribution is 2.25. The molecule has 0 saturated carbocycles. The summed E-state index contributed by atoms with van der Waals surface area (Å²) in [5, 5.41) is 0.918. The van der Waals surface area contributed by atoms with Crippen molar-refractivity contribution >= 4 is 35.3 Å². The molecule has 1 fully saturated rings. The molecule has 1 aliphatic rings. The third-order valence-corrected chi connectivity index (χ3v) is 4.30. The highest BCUT2D eigenvalue weighted by atomic mass is 35.5. The molecule has 6 nitrogen and oxygen atoms in total. The third-order valence-electron chi connectivity index (χ3n) is 3.72. The Morgan fingerprint density at radius 2 is 2.08 bits per heavy atom. The number of nitrogens with zero attached hydrogens (tertiary/aromatic N) is 1. The standard InChI is InChI=1S/C16H19Cl2NO5/c1-3-23-16(21)24-15-8-12(22-2)9-19(15)14(20)6-10-4-5-11(17)7-13(10)18/h4-5,7,12,15H,3,6,8-9H2,1-2H3. The second-order valence-corrected chi connectivity index (χ2v) is 6.15. The summed E-state index contributed by atoms with van der Waals surface area (Å²) >= 11 is 12.0. The maximum absolute atomic E-state index is 12.6. The van der Waals surface area contributed by atoms with Gasteiger partial charge in [0.2, 0.25) is 5.91 Å². The van der Waals surface area contributed by atoms with Crippen LogP contribution in [0.2, 0.25) is 10.0 Å². The summed E-state index contributed by atoms with van der Waals surface area (Å²) < 4.78 is 15.3. The zero-order valence-corrected chi connectivity index (χ0v) is 15.0. The van der Waals surface area contributed by atoms with Crippen molar-refractivity contribution in [2.24, 2.45) is 0 Å². The van der Waals surface area contributed by atoms with Gasteiger partial charge in [-0.1, -0.05) is 29.3 Å². The Morgan fingerprint density at radius 1 is 1.33 bits per heavy atom. The lowest BCUT2D eigenvalue weighted by atomic mass is 10.1. The highest BCUT2D eigenvalue weighted by Gasteiger charge is 2.38. The van der Waals surface area contributed by atoms with Crippen LogP contribution >= 0.6 is 23.2 Å². The summed E-state index contributed by atoms with van der Waals surface area (Å²) in [7, 11) is 1.55. The van der Waals surface area contributed by atoms with Gasteiger partial charge >= 0.3 is 6.16 Å². The lowest BCUT2D eigenvalue weighted by molar-refractivity contribution is -0.138. The van der Waals surface area contributed by atoms with Crippen LogP contribution in [-0.4, -0.2) is 49.6 Å². The molecule has 1 heterocycles. The Labute approximate surface area is 150 Å². The van der Waals surface area contributed by atoms with Crippen molar-refractivity contribution in [2.45, 2.75) is 32.1 Å². The van der Waals surface area contributed by atoms with E-state index in [9.17, 15) is 9.59 Å². The molecule has 1 aromatic carbocycles. The molecule has 1 aromatic rings. The first-order chi connectivity index (χ1) is 11.4. The van der Waals surface area contributed by atoms with Gasteiger partial charge in [-0.15, -0.1) is 0 Å². The Balaban J connectivity index is 2.07. The first kappa shape index (κ1) is 18.8. The van der Waals surface area contributed by atoms with Gasteiger partial charge in [-0.05, 0) is 24.6 Å². The minimum absolute atomic E-state index is 0.0785. The van der Waals surface area contributed by atoms with Gasteiger partial charge < -0.3 is 19.1 Å². The van der Waals surface area contributed by atoms with Crippen LogP contribution in [0.15, 0.2) is 18.2 Å². The molecule has 1 saturated heterocycles. The fraction of sp³-hybridized carbons (Fsp3) is 0.500. The molecular formula is C16H19Cl2NO5. The van der Waals surface area contributed by atoms with Crippen molar-refractivity contribution in [2.75, 3.05) is 20.3 Å². The molecule has 0 aromatic heterocycles. The van der Waals surface area contributed by atoms with Gasteiger partial charge in [-0.2, -0.15) is 0 Å². The maximum Gasteiger partial charge on any atom is 0.510 e. The van der Waals surface area contributed by atoms with E-state index in [0.717, 1.165) is 0 Å². The van der Waals surface area contributed by atoms with Crippen molar-refractivity contribution in [1.29, 1.82) is 0 Å². The summed E-state index contributed by atoms with van der Waals surface area (Å²) in [5.74, 6) is -0.215. The summed E-state index contributed by atoms with van der Waals surface area (Å²) in [5.41, 5.74) is 0.654. The van der Waals surface area contributed by atoms with Gasteiger partial charge in [0.15, 0.2) is 6.23 Å². The molecule has 1 amide bonds. The zero-order chi connectivity index (χ0) is 17.7. The zero-order valence-electron chi connectivity index (χ0n) is 13.5. The molecule has 0 bridgehead atoms. The average Bonchev–Trinajstić information content (AvgIpc) is 2.93. The molecule has 2 unspecified atom stereocenters. The minimum atomic E-state index is -0.804. The molecule has 24 heavy (non-hydrogen) atoms. The topological polar surface area (TPSA) is 65.1 Å². The van der Waals surface area contributed by atoms with Crippen LogP contribution in [0.1, 0.15) is 18.9 Å². The number of carbonyl (C=O) groups excluding carboxylic acids is 2. The number of likely N-dealkylation sites (tertiary alicyclic amines) is 1. The van der Waals surface area contributed by atoms with E-state index in [1.807, 2.05) is 0 Å². The number of halogens is 2. The van der Waals surface area contributed by atoms with Gasteiger partial charge in [-0.25, -0.2) is 4.79 Å². The number of hydrogen-bond donors (Lipinski definition) is 0. The number of methoxy groups -OCH3 is 1. The minimum Gasteiger partial charge on any atom is -0.435 e. The first-order valence-corrected chi connectivity index (χ1v) is 8.29. The number of hydrogen-bond acceptors (Lipinski definition) is 5. The Kier molecular flexibility index (Phi) is 6.71. The number of benzene rings is 1. The van der Waals surface area contributed by atoms with E-state index in [2.05, 4.69) is 0 Å². The smallest absolute Gasteiger partial charge is 0.435 e. The van der Waals surface area contributed by atoms with Gasteiger partial charge in [0.25, 0.3) is 0 Å². The largest absolute Gasteiger partial charge is 0.510 e. The van der Waals surface area contributed by atoms with Gasteiger partial charge in [0.05, 0.1) is 25.7 Å². The number of carbonyl (C=O) groups is 2. The van der Waals surface area contributed by atoms with Crippen molar-refractivity contribution in [3.05, 3.63) is 33.8 Å². The Morgan fingerprint density at radius 3 is 2.71 bits per heavy atom. The molecule has 2 atom stereocenters. The van der Waals surface area contributed by atoms with Crippen LogP contribution in [0.4, 0.5) is 4.79 Å². The molecule has 0 spiro atoms. The second-order valence-electron chi connectivity index (χ2n) is 5.31. The second kappa shape index (κ2) is 8.55. The van der Waals surface area contributed by atoms with Crippen LogP contribution in [0, 0.1) is 0 Å². The molecule has 0 N–H and O–H groups in total. The average molecular weight is 376 g/mol. The summed E-state index contributed by atoms with van der Waals surface area (Å²) in [6, 6.07) is 4.96. The molecule has 2 rings (SSSR count). The molecule has 1 aliphatic heterocycles. The third kappa shape index (κ3) is 4.75. The molecular weight excluding hydrogens is 357 g/mol. The molecule has 8 heteroatoms. The Bertz CT molecular complexity index is 610. The summed E-state index contributed by atoms with van der Waals surface area (Å²) in [6.45, 7) is 2.22. The Hall–Kier alpha value is -1.50. The van der Waals surface area contributed by atoms with Crippen LogP contribution in [0.5, 0.6) is 0 Å². The fourth-order valence-electron chi connectivity index (χ4n) is 2.50. The normalized spacial score (nSPS) is 20.1. The predicted molar refractivity (Wildman–Crippen MR) is 89.2 cm³/mol. The summed E-state index contributed by atoms with van der Waals surface area (Å²) in [6.07, 6.45) is -1.24. The van der Waals surface area contributed by atoms with E-state index in [-0.39, 0.29) is 25.0 Å². The van der Waals surface area contributed by atoms with E-state index >= 15 is 0 Å². The lowest BCUT2D eigenvalue weighted by Gasteiger charge is -2.24. The molecule has 132 valence electrons. The SMILES string of the molecule is CCOC(=O)OC1CC(OC)CN1C(=O)Cc1ccc(Cl)cc1Cl. The molecule has 0 radical (unpaired) electrons. The van der Waals surface area contributed by atoms with Crippen molar-refractivity contribution < 1.29 is 23.8 Å². The first-order valence-electron chi connectivity index (χ1n) is 7.54. The fourth-order valence-corrected chi connectivity index (χ4v) is 2.98. The van der Waals surface area contributed by atoms with Crippen molar-refractivity contribution in [1.82, 2.24) is 4.90 Å². The van der Waals surface area contributed by atoms with Crippen LogP contribution < -0.4 is 0 Å². The van der Waals surface area contributed by atoms with E-state index in [4.69, 9.17) is 37.4 Å². The number of amides is 1. The number of rotatable bonds is 5. The van der Waals surface area contributed by atoms with Crippen LogP contribution in [-0.2, 0) is 25.4 Å². The van der Waals surface area contributed by atoms with Crippen LogP contribution in [0.3, 0.4) is 0 Å². The van der Waals surface area contributed by atoms with E-state index in [1.54, 1.807) is 32.2 Å². The van der Waals surface area contributed by atoms with Crippen molar-refractivity contribution in [3.8, 4) is 0 Å². The highest BCUT2D eigenvalue weighted by molar-refractivity contribution is 6.35. The quantitative estimate of drug-likeness (QED) is 0.738. The van der Waals surface area contributed by atoms with Gasteiger partial charge in [-0.3, -0.25) is 4.79 Å². The lowest BCUT2D eigenvalue weighted by Crippen LogP contribution is -2.39. The van der Waals surface area contributed by atoms with E-state index < -0.39 is 12.4 Å². The van der Waals surface area contributed by atoms with Crippen LogP contribution in [0.25, 0.3) is 0 Å². The maximum atomic E-state index is 12.6. The van der Waals surface area contributed by atoms with E-state index in [0.29, 0.717) is 28.6 Å². The summed E-state index contributed by atoms with van der Waals surface area (Å²) in [4.78, 5) is 25.6. The van der Waals surface area contributed by atoms with Crippen molar-refractivity contribution in [3.63, 3.8) is 0 Å². The monoisotopic (exact) mass is 375 g/mol. The van der Waals surface area contributed by atoms with Gasteiger partial charge in [0.1, 0.15) is 0 Å². The van der Waals surface area contributed by atoms with Gasteiger partial charge in [0, 0.05) is 23.6 Å².